The first-order chi connectivity index (χ1) is 29.1. The molecule has 4 aliphatic heterocycles. The number of likely N-dealkylation sites (tertiary alicyclic amines) is 2. The standard InChI is InChI=1S/C46H55N9O5/c47-43-39(28-38(51-52-43)36-8-4-5-9-40(36)56)54-26-20-46(21-27-54,34-6-2-1-3-7-34)45(60)48-29-31-16-24-55(25-17-31)42(58)30-53-22-18-33(19-23-53)32-10-12-35(13-11-32)49-37-14-15-41(57)50-44(37)59/h1-13,28,31,33,37,49,56H,14-27,29-30H2,(H2,47,52)(H,48,60)(H,50,57,59). The van der Waals surface area contributed by atoms with Gasteiger partial charge in [-0.2, -0.15) is 0 Å². The fourth-order valence-corrected chi connectivity index (χ4v) is 9.39. The summed E-state index contributed by atoms with van der Waals surface area (Å²) in [5, 5.41) is 27.9. The number of piperidine rings is 4. The molecule has 60 heavy (non-hydrogen) atoms. The molecule has 4 aromatic rings. The minimum atomic E-state index is -0.698. The van der Waals surface area contributed by atoms with E-state index in [0.717, 1.165) is 55.7 Å². The van der Waals surface area contributed by atoms with Crippen LogP contribution in [0.2, 0.25) is 0 Å². The molecule has 1 unspecified atom stereocenters. The normalized spacial score (nSPS) is 20.4. The largest absolute Gasteiger partial charge is 0.507 e. The van der Waals surface area contributed by atoms with Crippen molar-refractivity contribution >= 4 is 40.8 Å². The zero-order valence-electron chi connectivity index (χ0n) is 34.0. The van der Waals surface area contributed by atoms with Crippen molar-refractivity contribution in [1.29, 1.82) is 0 Å². The van der Waals surface area contributed by atoms with E-state index in [2.05, 4.69) is 48.1 Å². The predicted octanol–water partition coefficient (Wildman–Crippen LogP) is 4.42. The van der Waals surface area contributed by atoms with Crippen LogP contribution in [0.1, 0.15) is 68.4 Å². The van der Waals surface area contributed by atoms with E-state index in [1.807, 2.05) is 59.5 Å². The van der Waals surface area contributed by atoms with Gasteiger partial charge in [0, 0.05) is 50.4 Å². The summed E-state index contributed by atoms with van der Waals surface area (Å²) in [7, 11) is 0. The van der Waals surface area contributed by atoms with Gasteiger partial charge in [-0.15, -0.1) is 10.2 Å². The molecule has 4 fully saturated rings. The third-order valence-electron chi connectivity index (χ3n) is 13.1. The van der Waals surface area contributed by atoms with Crippen molar-refractivity contribution < 1.29 is 24.3 Å². The Morgan fingerprint density at radius 1 is 0.833 bits per heavy atom. The molecule has 5 heterocycles. The van der Waals surface area contributed by atoms with E-state index in [1.165, 1.54) is 5.56 Å². The van der Waals surface area contributed by atoms with Crippen molar-refractivity contribution in [3.63, 3.8) is 0 Å². The van der Waals surface area contributed by atoms with Gasteiger partial charge in [0.2, 0.25) is 23.6 Å². The molecule has 4 saturated heterocycles. The maximum absolute atomic E-state index is 14.3. The van der Waals surface area contributed by atoms with Crippen LogP contribution in [0.5, 0.6) is 5.75 Å². The number of phenolic OH excluding ortho intramolecular Hbond substituents is 1. The highest BCUT2D eigenvalue weighted by Crippen LogP contribution is 2.40. The van der Waals surface area contributed by atoms with Crippen LogP contribution in [-0.4, -0.2) is 107 Å². The van der Waals surface area contributed by atoms with Gasteiger partial charge in [0.05, 0.1) is 23.3 Å². The van der Waals surface area contributed by atoms with Crippen LogP contribution in [0.3, 0.4) is 0 Å². The van der Waals surface area contributed by atoms with E-state index >= 15 is 0 Å². The van der Waals surface area contributed by atoms with E-state index in [1.54, 1.807) is 18.2 Å². The molecule has 4 aliphatic rings. The Balaban J connectivity index is 0.793. The molecule has 314 valence electrons. The molecule has 0 saturated carbocycles. The van der Waals surface area contributed by atoms with E-state index in [0.29, 0.717) is 93.9 Å². The first-order valence-corrected chi connectivity index (χ1v) is 21.4. The van der Waals surface area contributed by atoms with Gasteiger partial charge in [0.15, 0.2) is 5.82 Å². The predicted molar refractivity (Wildman–Crippen MR) is 230 cm³/mol. The van der Waals surface area contributed by atoms with E-state index in [9.17, 15) is 24.3 Å². The summed E-state index contributed by atoms with van der Waals surface area (Å²) in [6.45, 7) is 5.30. The van der Waals surface area contributed by atoms with Crippen molar-refractivity contribution in [3.8, 4) is 17.0 Å². The zero-order valence-corrected chi connectivity index (χ0v) is 34.0. The number of carbonyl (C=O) groups excluding carboxylic acids is 4. The monoisotopic (exact) mass is 813 g/mol. The molecule has 14 nitrogen and oxygen atoms in total. The number of rotatable bonds is 11. The van der Waals surface area contributed by atoms with Crippen LogP contribution in [0.25, 0.3) is 11.3 Å². The maximum Gasteiger partial charge on any atom is 0.249 e. The topological polar surface area (TPSA) is 186 Å². The molecule has 1 aromatic heterocycles. The van der Waals surface area contributed by atoms with Gasteiger partial charge in [-0.25, -0.2) is 0 Å². The Labute approximate surface area is 350 Å². The number of benzene rings is 3. The van der Waals surface area contributed by atoms with Gasteiger partial charge >= 0.3 is 0 Å². The maximum atomic E-state index is 14.3. The first kappa shape index (κ1) is 40.7. The smallest absolute Gasteiger partial charge is 0.249 e. The number of anilines is 3. The highest BCUT2D eigenvalue weighted by molar-refractivity contribution is 6.01. The molecule has 0 radical (unpaired) electrons. The number of hydrogen-bond donors (Lipinski definition) is 5. The minimum absolute atomic E-state index is 0.0332. The van der Waals surface area contributed by atoms with Crippen LogP contribution >= 0.6 is 0 Å². The van der Waals surface area contributed by atoms with Gasteiger partial charge in [-0.1, -0.05) is 54.6 Å². The third-order valence-corrected chi connectivity index (χ3v) is 13.1. The molecule has 0 aliphatic carbocycles. The van der Waals surface area contributed by atoms with Crippen molar-refractivity contribution in [2.24, 2.45) is 5.92 Å². The molecule has 3 aromatic carbocycles. The second kappa shape index (κ2) is 18.1. The lowest BCUT2D eigenvalue weighted by molar-refractivity contribution is -0.135. The van der Waals surface area contributed by atoms with Crippen LogP contribution < -0.4 is 26.6 Å². The Kier molecular flexibility index (Phi) is 12.3. The number of amides is 4. The van der Waals surface area contributed by atoms with Gasteiger partial charge in [-0.3, -0.25) is 29.4 Å². The van der Waals surface area contributed by atoms with Crippen molar-refractivity contribution in [3.05, 3.63) is 96.1 Å². The summed E-state index contributed by atoms with van der Waals surface area (Å²) in [5.41, 5.74) is 10.6. The molecule has 0 bridgehead atoms. The number of nitrogens with one attached hydrogen (secondary N) is 3. The summed E-state index contributed by atoms with van der Waals surface area (Å²) >= 11 is 0. The molecule has 8 rings (SSSR count). The van der Waals surface area contributed by atoms with Gasteiger partial charge < -0.3 is 31.3 Å². The molecular formula is C46H55N9O5. The SMILES string of the molecule is Nc1nnc(-c2ccccc2O)cc1N1CCC(C(=O)NCC2CCN(C(=O)CN3CCC(c4ccc(NC5CCC(=O)NC5=O)cc4)CC3)CC2)(c2ccccc2)CC1. The number of nitrogens with two attached hydrogens (primary N) is 1. The average molecular weight is 814 g/mol. The first-order valence-electron chi connectivity index (χ1n) is 21.4. The molecule has 14 heteroatoms. The minimum Gasteiger partial charge on any atom is -0.507 e. The van der Waals surface area contributed by atoms with Crippen molar-refractivity contribution in [2.75, 3.05) is 68.3 Å². The number of imide groups is 1. The fourth-order valence-electron chi connectivity index (χ4n) is 9.39. The van der Waals surface area contributed by atoms with Gasteiger partial charge in [0.1, 0.15) is 11.8 Å². The lowest BCUT2D eigenvalue weighted by Gasteiger charge is -2.42. The van der Waals surface area contributed by atoms with Crippen molar-refractivity contribution in [1.82, 2.24) is 30.6 Å². The quantitative estimate of drug-likeness (QED) is 0.135. The highest BCUT2D eigenvalue weighted by atomic mass is 16.3. The summed E-state index contributed by atoms with van der Waals surface area (Å²) < 4.78 is 0. The number of nitrogens with zero attached hydrogens (tertiary/aromatic N) is 5. The van der Waals surface area contributed by atoms with Crippen LogP contribution in [0, 0.1) is 5.92 Å². The van der Waals surface area contributed by atoms with Gasteiger partial charge in [-0.05, 0) is 111 Å². The number of phenols is 1. The van der Waals surface area contributed by atoms with Crippen molar-refractivity contribution in [2.45, 2.75) is 68.7 Å². The second-order valence-electron chi connectivity index (χ2n) is 16.8. The van der Waals surface area contributed by atoms with E-state index < -0.39 is 11.5 Å². The number of para-hydroxylation sites is 1. The number of aromatic nitrogens is 2. The molecule has 1 atom stereocenters. The molecule has 6 N–H and O–H groups in total. The summed E-state index contributed by atoms with van der Waals surface area (Å²) in [6, 6.07) is 26.7. The Morgan fingerprint density at radius 3 is 2.23 bits per heavy atom. The third kappa shape index (κ3) is 9.08. The van der Waals surface area contributed by atoms with Crippen LogP contribution in [0.4, 0.5) is 17.2 Å². The number of hydrogen-bond acceptors (Lipinski definition) is 11. The van der Waals surface area contributed by atoms with E-state index in [4.69, 9.17) is 5.73 Å². The number of nitrogen functional groups attached to an aromatic ring is 1. The number of carbonyl (C=O) groups is 4. The summed E-state index contributed by atoms with van der Waals surface area (Å²) in [6.07, 6.45) is 5.68. The second-order valence-corrected chi connectivity index (χ2v) is 16.8. The Bertz CT molecular complexity index is 2160. The van der Waals surface area contributed by atoms with Crippen LogP contribution in [-0.2, 0) is 24.6 Å². The Morgan fingerprint density at radius 2 is 1.53 bits per heavy atom. The summed E-state index contributed by atoms with van der Waals surface area (Å²) in [4.78, 5) is 57.7. The van der Waals surface area contributed by atoms with Crippen LogP contribution in [0.15, 0.2) is 84.9 Å². The Hall–Kier alpha value is -6.02. The molecule has 0 spiro atoms. The number of aromatic hydroxyl groups is 1. The lowest BCUT2D eigenvalue weighted by Crippen LogP contribution is -2.53. The lowest BCUT2D eigenvalue weighted by atomic mass is 9.71. The summed E-state index contributed by atoms with van der Waals surface area (Å²) in [5.74, 6) is 0.851. The fraction of sp³-hybridized carbons (Fsp3) is 0.435. The molecule has 4 amide bonds. The average Bonchev–Trinajstić information content (AvgIpc) is 3.28. The highest BCUT2D eigenvalue weighted by Gasteiger charge is 2.43. The van der Waals surface area contributed by atoms with E-state index in [-0.39, 0.29) is 29.4 Å². The zero-order chi connectivity index (χ0) is 41.6. The molecular weight excluding hydrogens is 759 g/mol. The van der Waals surface area contributed by atoms with Gasteiger partial charge in [0.25, 0.3) is 0 Å².